The second-order valence-corrected chi connectivity index (χ2v) is 3.10. The summed E-state index contributed by atoms with van der Waals surface area (Å²) in [6.07, 6.45) is 2.05. The molecule has 0 amide bonds. The van der Waals surface area contributed by atoms with Gasteiger partial charge in [0.15, 0.2) is 0 Å². The molecule has 0 bridgehead atoms. The number of rotatable bonds is 5. The Kier molecular flexibility index (Phi) is 11.1. The summed E-state index contributed by atoms with van der Waals surface area (Å²) in [5, 5.41) is 0. The van der Waals surface area contributed by atoms with Crippen molar-refractivity contribution < 1.29 is 25.9 Å². The molecule has 84 valence electrons. The molecule has 0 aliphatic heterocycles. The number of ether oxygens (including phenoxy) is 1. The van der Waals surface area contributed by atoms with Crippen molar-refractivity contribution in [1.82, 2.24) is 0 Å². The zero-order chi connectivity index (χ0) is 12.2. The Morgan fingerprint density at radius 1 is 1.31 bits per heavy atom. The van der Waals surface area contributed by atoms with Crippen molar-refractivity contribution in [3.63, 3.8) is 0 Å². The molecular weight excluding hydrogens is 321 g/mol. The quantitative estimate of drug-likeness (QED) is 0.467. The molecule has 0 spiro atoms. The molecule has 1 rings (SSSR count). The van der Waals surface area contributed by atoms with Crippen molar-refractivity contribution in [3.05, 3.63) is 42.8 Å². The summed E-state index contributed by atoms with van der Waals surface area (Å²) in [6, 6.07) is 9.68. The molecule has 1 aromatic carbocycles. The van der Waals surface area contributed by atoms with Crippen LogP contribution in [-0.4, -0.2) is 5.97 Å². The van der Waals surface area contributed by atoms with Gasteiger partial charge in [0, 0.05) is 6.42 Å². The normalized spacial score (nSPS) is 9.00. The molecular formula is C12H15BrO2Zn. The van der Waals surface area contributed by atoms with Gasteiger partial charge in [-0.1, -0.05) is 36.8 Å². The number of hydrogen-bond acceptors (Lipinski definition) is 2. The van der Waals surface area contributed by atoms with Crippen LogP contribution in [0.25, 0.3) is 0 Å². The number of carbonyl (C=O) groups is 1. The molecule has 0 saturated heterocycles. The standard InChI is InChI=1S/C12H15O2.BrH.Zn/c1-2-3-9-12(13)14-10-11-7-5-4-6-8-11;;/h4-8H,1-3,9-10H2;1H;/q-1;;+2/p-1. The van der Waals surface area contributed by atoms with E-state index in [1.54, 1.807) is 0 Å². The summed E-state index contributed by atoms with van der Waals surface area (Å²) in [7, 11) is 0. The van der Waals surface area contributed by atoms with Crippen LogP contribution in [-0.2, 0) is 32.5 Å². The molecule has 4 heteroatoms. The number of esters is 1. The summed E-state index contributed by atoms with van der Waals surface area (Å²) < 4.78 is 5.06. The minimum atomic E-state index is -0.141. The summed E-state index contributed by atoms with van der Waals surface area (Å²) in [6.45, 7) is 4.04. The number of unbranched alkanes of at least 4 members (excludes halogenated alkanes) is 1. The molecule has 16 heavy (non-hydrogen) atoms. The van der Waals surface area contributed by atoms with Crippen LogP contribution >= 0.6 is 13.6 Å². The molecule has 0 radical (unpaired) electrons. The Morgan fingerprint density at radius 3 is 2.50 bits per heavy atom. The molecule has 0 atom stereocenters. The van der Waals surface area contributed by atoms with Crippen molar-refractivity contribution >= 4 is 19.6 Å². The minimum absolute atomic E-state index is 0.141. The number of carbonyl (C=O) groups excluding carboxylic acids is 1. The van der Waals surface area contributed by atoms with Crippen molar-refractivity contribution in [1.29, 1.82) is 0 Å². The van der Waals surface area contributed by atoms with E-state index < -0.39 is 0 Å². The van der Waals surface area contributed by atoms with Crippen molar-refractivity contribution in [3.8, 4) is 0 Å². The average molecular weight is 337 g/mol. The van der Waals surface area contributed by atoms with Gasteiger partial charge >= 0.3 is 35.9 Å². The van der Waals surface area contributed by atoms with Gasteiger partial charge in [0.2, 0.25) is 0 Å². The predicted molar refractivity (Wildman–Crippen MR) is 64.4 cm³/mol. The van der Waals surface area contributed by atoms with Crippen molar-refractivity contribution in [2.24, 2.45) is 0 Å². The maximum atomic E-state index is 11.1. The van der Waals surface area contributed by atoms with Crippen LogP contribution in [0.15, 0.2) is 30.3 Å². The number of benzene rings is 1. The second kappa shape index (κ2) is 11.3. The van der Waals surface area contributed by atoms with Gasteiger partial charge in [-0.05, 0) is 5.56 Å². The fourth-order valence-electron chi connectivity index (χ4n) is 1.08. The van der Waals surface area contributed by atoms with Crippen LogP contribution in [0.4, 0.5) is 0 Å². The van der Waals surface area contributed by atoms with E-state index in [2.05, 4.69) is 20.5 Å². The molecule has 0 aliphatic carbocycles. The van der Waals surface area contributed by atoms with Crippen LogP contribution in [0.3, 0.4) is 0 Å². The summed E-state index contributed by atoms with van der Waals surface area (Å²) in [4.78, 5) is 11.1. The number of halogens is 1. The predicted octanol–water partition coefficient (Wildman–Crippen LogP) is 3.58. The van der Waals surface area contributed by atoms with Gasteiger partial charge in [-0.25, -0.2) is 0 Å². The van der Waals surface area contributed by atoms with Crippen molar-refractivity contribution in [2.75, 3.05) is 0 Å². The van der Waals surface area contributed by atoms with E-state index in [-0.39, 0.29) is 5.97 Å². The first kappa shape index (κ1) is 15.8. The van der Waals surface area contributed by atoms with E-state index in [9.17, 15) is 4.79 Å². The van der Waals surface area contributed by atoms with Crippen LogP contribution in [0.1, 0.15) is 24.8 Å². The summed E-state index contributed by atoms with van der Waals surface area (Å²) in [5.41, 5.74) is 1.02. The molecule has 0 N–H and O–H groups in total. The average Bonchev–Trinajstić information content (AvgIpc) is 2.37. The third-order valence-electron chi connectivity index (χ3n) is 1.87. The first-order chi connectivity index (χ1) is 7.83. The molecule has 0 aromatic heterocycles. The first-order valence-electron chi connectivity index (χ1n) is 5.08. The Balaban J connectivity index is 0.00000106. The molecule has 0 saturated carbocycles. The van der Waals surface area contributed by atoms with E-state index in [1.807, 2.05) is 30.3 Å². The zero-order valence-corrected chi connectivity index (χ0v) is 13.9. The van der Waals surface area contributed by atoms with E-state index in [1.165, 1.54) is 16.3 Å². The van der Waals surface area contributed by atoms with Crippen LogP contribution in [0.5, 0.6) is 0 Å². The van der Waals surface area contributed by atoms with E-state index in [0.29, 0.717) is 13.0 Å². The van der Waals surface area contributed by atoms with Gasteiger partial charge in [0.25, 0.3) is 0 Å². The zero-order valence-electron chi connectivity index (χ0n) is 9.32. The van der Waals surface area contributed by atoms with Crippen LogP contribution < -0.4 is 0 Å². The third kappa shape index (κ3) is 8.01. The molecule has 2 nitrogen and oxygen atoms in total. The third-order valence-corrected chi connectivity index (χ3v) is 1.87. The fourth-order valence-corrected chi connectivity index (χ4v) is 1.08. The van der Waals surface area contributed by atoms with Gasteiger partial charge in [-0.15, -0.1) is 0 Å². The topological polar surface area (TPSA) is 26.3 Å². The fraction of sp³-hybridized carbons (Fsp3) is 0.333. The summed E-state index contributed by atoms with van der Waals surface area (Å²) in [5.74, 6) is -0.141. The Labute approximate surface area is 114 Å². The van der Waals surface area contributed by atoms with Gasteiger partial charge in [-0.2, -0.15) is 6.42 Å². The van der Waals surface area contributed by atoms with Crippen LogP contribution in [0.2, 0.25) is 0 Å². The summed E-state index contributed by atoms with van der Waals surface area (Å²) >= 11 is 4.25. The molecule has 0 unspecified atom stereocenters. The van der Waals surface area contributed by atoms with Gasteiger partial charge in [-0.3, -0.25) is 4.79 Å². The Morgan fingerprint density at radius 2 is 1.94 bits per heavy atom. The Hall–Kier alpha value is -0.207. The van der Waals surface area contributed by atoms with E-state index >= 15 is 0 Å². The monoisotopic (exact) mass is 334 g/mol. The van der Waals surface area contributed by atoms with Crippen LogP contribution in [0, 0.1) is 6.92 Å². The van der Waals surface area contributed by atoms with Gasteiger partial charge < -0.3 is 11.7 Å². The first-order valence-corrected chi connectivity index (χ1v) is 12.0. The van der Waals surface area contributed by atoms with Gasteiger partial charge in [0.05, 0.1) is 0 Å². The van der Waals surface area contributed by atoms with Crippen molar-refractivity contribution in [2.45, 2.75) is 25.9 Å². The van der Waals surface area contributed by atoms with E-state index in [0.717, 1.165) is 18.4 Å². The Bertz CT molecular complexity index is 278. The number of hydrogen-bond donors (Lipinski definition) is 0. The SMILES string of the molecule is [CH2-]CCCC(=O)OCc1ccccc1.[Zn+][Br]. The van der Waals surface area contributed by atoms with E-state index in [4.69, 9.17) is 4.74 Å². The second-order valence-electron chi connectivity index (χ2n) is 3.10. The van der Waals surface area contributed by atoms with Gasteiger partial charge in [0.1, 0.15) is 6.61 Å². The molecule has 0 fully saturated rings. The molecule has 0 aliphatic rings. The molecule has 1 aromatic rings. The molecule has 0 heterocycles. The maximum absolute atomic E-state index is 11.1.